The SMILES string of the molecule is COc1ccc(Cl)cc1NC(=O)CCN1CCCO[C@@H](C)C1. The van der Waals surface area contributed by atoms with Crippen LogP contribution >= 0.6 is 11.6 Å². The maximum atomic E-state index is 12.1. The van der Waals surface area contributed by atoms with Gasteiger partial charge in [-0.15, -0.1) is 0 Å². The normalized spacial score (nSPS) is 19.5. The van der Waals surface area contributed by atoms with Gasteiger partial charge in [0, 0.05) is 37.7 Å². The summed E-state index contributed by atoms with van der Waals surface area (Å²) in [4.78, 5) is 14.4. The molecule has 0 aliphatic carbocycles. The lowest BCUT2D eigenvalue weighted by Gasteiger charge is -2.21. The fourth-order valence-corrected chi connectivity index (χ4v) is 2.71. The van der Waals surface area contributed by atoms with E-state index in [1.54, 1.807) is 25.3 Å². The van der Waals surface area contributed by atoms with Crippen LogP contribution in [0.4, 0.5) is 5.69 Å². The molecule has 1 heterocycles. The van der Waals surface area contributed by atoms with Crippen LogP contribution in [0.1, 0.15) is 19.8 Å². The number of ether oxygens (including phenoxy) is 2. The van der Waals surface area contributed by atoms with E-state index in [1.165, 1.54) is 0 Å². The summed E-state index contributed by atoms with van der Waals surface area (Å²) in [7, 11) is 1.57. The zero-order valence-corrected chi connectivity index (χ0v) is 13.9. The predicted molar refractivity (Wildman–Crippen MR) is 87.7 cm³/mol. The minimum Gasteiger partial charge on any atom is -0.495 e. The predicted octanol–water partition coefficient (Wildman–Crippen LogP) is 2.79. The number of hydrogen-bond acceptors (Lipinski definition) is 4. The van der Waals surface area contributed by atoms with Crippen LogP contribution < -0.4 is 10.1 Å². The Kier molecular flexibility index (Phi) is 6.49. The number of benzene rings is 1. The van der Waals surface area contributed by atoms with Crippen molar-refractivity contribution in [1.82, 2.24) is 4.90 Å². The lowest BCUT2D eigenvalue weighted by Crippen LogP contribution is -2.33. The molecule has 0 bridgehead atoms. The van der Waals surface area contributed by atoms with Crippen molar-refractivity contribution in [3.8, 4) is 5.75 Å². The van der Waals surface area contributed by atoms with E-state index in [0.717, 1.165) is 32.7 Å². The number of nitrogens with one attached hydrogen (secondary N) is 1. The molecular formula is C16H23ClN2O3. The van der Waals surface area contributed by atoms with Gasteiger partial charge in [-0.3, -0.25) is 4.79 Å². The molecule has 1 N–H and O–H groups in total. The first-order valence-electron chi connectivity index (χ1n) is 7.56. The van der Waals surface area contributed by atoms with Gasteiger partial charge in [-0.1, -0.05) is 11.6 Å². The first-order chi connectivity index (χ1) is 10.6. The molecule has 1 aliphatic heterocycles. The van der Waals surface area contributed by atoms with E-state index in [-0.39, 0.29) is 12.0 Å². The van der Waals surface area contributed by atoms with Crippen LogP contribution in [-0.4, -0.2) is 50.3 Å². The van der Waals surface area contributed by atoms with Crippen molar-refractivity contribution < 1.29 is 14.3 Å². The second-order valence-corrected chi connectivity index (χ2v) is 5.91. The van der Waals surface area contributed by atoms with Gasteiger partial charge in [0.05, 0.1) is 18.9 Å². The Morgan fingerprint density at radius 1 is 1.55 bits per heavy atom. The van der Waals surface area contributed by atoms with Crippen LogP contribution in [0, 0.1) is 0 Å². The average Bonchev–Trinajstić information content (AvgIpc) is 2.70. The molecule has 0 radical (unpaired) electrons. The van der Waals surface area contributed by atoms with Gasteiger partial charge in [-0.25, -0.2) is 0 Å². The lowest BCUT2D eigenvalue weighted by atomic mass is 10.2. The van der Waals surface area contributed by atoms with Gasteiger partial charge < -0.3 is 19.7 Å². The molecule has 0 saturated carbocycles. The number of carbonyl (C=O) groups is 1. The number of nitrogens with zero attached hydrogens (tertiary/aromatic N) is 1. The number of carbonyl (C=O) groups excluding carboxylic acids is 1. The molecule has 1 saturated heterocycles. The Morgan fingerprint density at radius 2 is 2.36 bits per heavy atom. The summed E-state index contributed by atoms with van der Waals surface area (Å²) in [5.74, 6) is 0.563. The molecule has 0 spiro atoms. The van der Waals surface area contributed by atoms with Crippen molar-refractivity contribution >= 4 is 23.2 Å². The molecule has 122 valence electrons. The zero-order valence-electron chi connectivity index (χ0n) is 13.1. The Bertz CT molecular complexity index is 510. The van der Waals surface area contributed by atoms with Crippen molar-refractivity contribution in [3.63, 3.8) is 0 Å². The summed E-state index contributed by atoms with van der Waals surface area (Å²) >= 11 is 5.96. The number of rotatable bonds is 5. The minimum atomic E-state index is -0.0432. The van der Waals surface area contributed by atoms with Crippen molar-refractivity contribution in [2.45, 2.75) is 25.9 Å². The Hall–Kier alpha value is -1.30. The third-order valence-corrected chi connectivity index (χ3v) is 3.86. The highest BCUT2D eigenvalue weighted by molar-refractivity contribution is 6.31. The number of anilines is 1. The first kappa shape index (κ1) is 17.1. The van der Waals surface area contributed by atoms with Gasteiger partial charge in [0.15, 0.2) is 0 Å². The van der Waals surface area contributed by atoms with E-state index in [0.29, 0.717) is 22.9 Å². The zero-order chi connectivity index (χ0) is 15.9. The first-order valence-corrected chi connectivity index (χ1v) is 7.93. The summed E-state index contributed by atoms with van der Waals surface area (Å²) in [6.45, 7) is 5.42. The topological polar surface area (TPSA) is 50.8 Å². The molecule has 0 aromatic heterocycles. The summed E-state index contributed by atoms with van der Waals surface area (Å²) < 4.78 is 10.8. The van der Waals surface area contributed by atoms with Crippen LogP contribution in [0.15, 0.2) is 18.2 Å². The Morgan fingerprint density at radius 3 is 3.14 bits per heavy atom. The van der Waals surface area contributed by atoms with Gasteiger partial charge in [-0.2, -0.15) is 0 Å². The molecule has 1 amide bonds. The molecule has 6 heteroatoms. The molecule has 1 aromatic carbocycles. The van der Waals surface area contributed by atoms with Gasteiger partial charge in [0.1, 0.15) is 5.75 Å². The van der Waals surface area contributed by atoms with E-state index in [1.807, 2.05) is 0 Å². The monoisotopic (exact) mass is 326 g/mol. The molecule has 2 rings (SSSR count). The van der Waals surface area contributed by atoms with Crippen molar-refractivity contribution in [2.75, 3.05) is 38.7 Å². The minimum absolute atomic E-state index is 0.0432. The van der Waals surface area contributed by atoms with Crippen molar-refractivity contribution in [2.24, 2.45) is 0 Å². The highest BCUT2D eigenvalue weighted by Gasteiger charge is 2.16. The molecule has 5 nitrogen and oxygen atoms in total. The molecule has 0 unspecified atom stereocenters. The van der Waals surface area contributed by atoms with Crippen molar-refractivity contribution in [3.05, 3.63) is 23.2 Å². The number of halogens is 1. The lowest BCUT2D eigenvalue weighted by molar-refractivity contribution is -0.116. The fourth-order valence-electron chi connectivity index (χ4n) is 2.53. The molecule has 22 heavy (non-hydrogen) atoms. The van der Waals surface area contributed by atoms with Gasteiger partial charge in [0.2, 0.25) is 5.91 Å². The maximum absolute atomic E-state index is 12.1. The summed E-state index contributed by atoms with van der Waals surface area (Å²) in [6.07, 6.45) is 1.66. The third kappa shape index (κ3) is 5.16. The van der Waals surface area contributed by atoms with Crippen molar-refractivity contribution in [1.29, 1.82) is 0 Å². The average molecular weight is 327 g/mol. The standard InChI is InChI=1S/C16H23ClN2O3/c1-12-11-19(7-3-9-22-12)8-6-16(20)18-14-10-13(17)4-5-15(14)21-2/h4-5,10,12H,3,6-9,11H2,1-2H3,(H,18,20)/t12-/m0/s1. The smallest absolute Gasteiger partial charge is 0.225 e. The van der Waals surface area contributed by atoms with Crippen LogP contribution in [-0.2, 0) is 9.53 Å². The second kappa shape index (κ2) is 8.36. The van der Waals surface area contributed by atoms with Crippen LogP contribution in [0.5, 0.6) is 5.75 Å². The van der Waals surface area contributed by atoms with E-state index in [2.05, 4.69) is 17.1 Å². The molecule has 1 aliphatic rings. The number of hydrogen-bond donors (Lipinski definition) is 1. The molecule has 1 fully saturated rings. The summed E-state index contributed by atoms with van der Waals surface area (Å²) in [5.41, 5.74) is 0.604. The quantitative estimate of drug-likeness (QED) is 0.904. The van der Waals surface area contributed by atoms with Crippen LogP contribution in [0.3, 0.4) is 0 Å². The van der Waals surface area contributed by atoms with E-state index < -0.39 is 0 Å². The van der Waals surface area contributed by atoms with Gasteiger partial charge >= 0.3 is 0 Å². The largest absolute Gasteiger partial charge is 0.495 e. The summed E-state index contributed by atoms with van der Waals surface area (Å²) in [5, 5.41) is 3.43. The Balaban J connectivity index is 1.86. The van der Waals surface area contributed by atoms with Crippen LogP contribution in [0.2, 0.25) is 5.02 Å². The number of amides is 1. The van der Waals surface area contributed by atoms with E-state index in [9.17, 15) is 4.79 Å². The highest BCUT2D eigenvalue weighted by Crippen LogP contribution is 2.27. The van der Waals surface area contributed by atoms with Crippen LogP contribution in [0.25, 0.3) is 0 Å². The Labute approximate surface area is 136 Å². The second-order valence-electron chi connectivity index (χ2n) is 5.48. The molecule has 1 aromatic rings. The molecule has 1 atom stereocenters. The summed E-state index contributed by atoms with van der Waals surface area (Å²) in [6, 6.07) is 5.17. The highest BCUT2D eigenvalue weighted by atomic mass is 35.5. The van der Waals surface area contributed by atoms with E-state index in [4.69, 9.17) is 21.1 Å². The third-order valence-electron chi connectivity index (χ3n) is 3.63. The maximum Gasteiger partial charge on any atom is 0.225 e. The molecular weight excluding hydrogens is 304 g/mol. The fraction of sp³-hybridized carbons (Fsp3) is 0.562. The van der Waals surface area contributed by atoms with Gasteiger partial charge in [-0.05, 0) is 31.5 Å². The number of methoxy groups -OCH3 is 1. The van der Waals surface area contributed by atoms with E-state index >= 15 is 0 Å². The van der Waals surface area contributed by atoms with Gasteiger partial charge in [0.25, 0.3) is 0 Å².